The minimum absolute atomic E-state index is 0.191. The Morgan fingerprint density at radius 2 is 2.43 bits per heavy atom. The van der Waals surface area contributed by atoms with Gasteiger partial charge in [-0.3, -0.25) is 9.59 Å². The number of hydrogen-bond donors (Lipinski definition) is 2. The molecule has 0 saturated carbocycles. The lowest BCUT2D eigenvalue weighted by molar-refractivity contribution is -0.130. The molecule has 0 radical (unpaired) electrons. The first-order valence-electron chi connectivity index (χ1n) is 6.55. The number of rotatable bonds is 2. The Labute approximate surface area is 127 Å². The summed E-state index contributed by atoms with van der Waals surface area (Å²) < 4.78 is 5.30. The van der Waals surface area contributed by atoms with E-state index in [0.717, 1.165) is 0 Å². The van der Waals surface area contributed by atoms with Gasteiger partial charge in [0.2, 0.25) is 5.91 Å². The van der Waals surface area contributed by atoms with E-state index in [9.17, 15) is 9.59 Å². The van der Waals surface area contributed by atoms with Crippen molar-refractivity contribution in [2.75, 3.05) is 33.4 Å². The van der Waals surface area contributed by atoms with Crippen molar-refractivity contribution in [1.29, 1.82) is 0 Å². The van der Waals surface area contributed by atoms with Crippen molar-refractivity contribution in [3.8, 4) is 11.8 Å². The molecule has 7 heteroatoms. The minimum Gasteiger partial charge on any atom is -0.377 e. The first-order chi connectivity index (χ1) is 10.2. The second kappa shape index (κ2) is 7.22. The van der Waals surface area contributed by atoms with Gasteiger partial charge in [0.1, 0.15) is 10.9 Å². The lowest BCUT2D eigenvalue weighted by Crippen LogP contribution is -2.55. The van der Waals surface area contributed by atoms with Crippen LogP contribution in [0.3, 0.4) is 0 Å². The summed E-state index contributed by atoms with van der Waals surface area (Å²) in [5.74, 6) is 5.21. The predicted octanol–water partition coefficient (Wildman–Crippen LogP) is -0.355. The highest BCUT2D eigenvalue weighted by Crippen LogP contribution is 2.21. The number of nitrogens with one attached hydrogen (secondary N) is 1. The quantitative estimate of drug-likeness (QED) is 0.731. The predicted molar refractivity (Wildman–Crippen MR) is 80.0 cm³/mol. The molecule has 3 N–H and O–H groups in total. The molecule has 0 aromatic carbocycles. The van der Waals surface area contributed by atoms with E-state index >= 15 is 0 Å². The summed E-state index contributed by atoms with van der Waals surface area (Å²) in [6, 6.07) is 1.18. The van der Waals surface area contributed by atoms with Crippen molar-refractivity contribution in [3.63, 3.8) is 0 Å². The summed E-state index contributed by atoms with van der Waals surface area (Å²) in [5.41, 5.74) is 6.01. The number of hydrogen-bond acceptors (Lipinski definition) is 5. The minimum atomic E-state index is -0.603. The molecule has 1 aliphatic heterocycles. The second-order valence-electron chi connectivity index (χ2n) is 4.37. The number of nitrogens with zero attached hydrogens (tertiary/aromatic N) is 1. The zero-order valence-electron chi connectivity index (χ0n) is 11.7. The Balaban J connectivity index is 2.25. The number of likely N-dealkylation sites (N-methyl/N-ethyl adjacent to an activating group) is 1. The third-order valence-electron chi connectivity index (χ3n) is 3.12. The van der Waals surface area contributed by atoms with Gasteiger partial charge in [0.15, 0.2) is 0 Å². The monoisotopic (exact) mass is 307 g/mol. The topological polar surface area (TPSA) is 84.7 Å². The van der Waals surface area contributed by atoms with Crippen molar-refractivity contribution in [2.45, 2.75) is 6.04 Å². The molecule has 0 aliphatic carbocycles. The van der Waals surface area contributed by atoms with Gasteiger partial charge in [0, 0.05) is 19.2 Å². The maximum atomic E-state index is 12.7. The Bertz CT molecular complexity index is 588. The van der Waals surface area contributed by atoms with E-state index in [1.807, 2.05) is 5.38 Å². The standard InChI is InChI=1S/C14H17N3O3S/c1-16-13(18)11-9-20-7-6-17(11)14(19)12-10(3-2-5-15)4-8-21-12/h4,8,11H,5-7,9,15H2,1H3,(H,16,18). The van der Waals surface area contributed by atoms with E-state index < -0.39 is 6.04 Å². The molecule has 1 atom stereocenters. The maximum Gasteiger partial charge on any atom is 0.266 e. The highest BCUT2D eigenvalue weighted by molar-refractivity contribution is 7.12. The van der Waals surface area contributed by atoms with Gasteiger partial charge >= 0.3 is 0 Å². The fourth-order valence-corrected chi connectivity index (χ4v) is 2.88. The lowest BCUT2D eigenvalue weighted by atomic mass is 10.1. The third kappa shape index (κ3) is 3.42. The highest BCUT2D eigenvalue weighted by atomic mass is 32.1. The SMILES string of the molecule is CNC(=O)C1COCCN1C(=O)c1sccc1C#CCN. The normalized spacial score (nSPS) is 17.8. The molecule has 112 valence electrons. The molecule has 1 fully saturated rings. The number of nitrogens with two attached hydrogens (primary N) is 1. The summed E-state index contributed by atoms with van der Waals surface area (Å²) in [6.07, 6.45) is 0. The average Bonchev–Trinajstić information content (AvgIpc) is 2.99. The van der Waals surface area contributed by atoms with Crippen LogP contribution in [-0.4, -0.2) is 56.1 Å². The lowest BCUT2D eigenvalue weighted by Gasteiger charge is -2.34. The van der Waals surface area contributed by atoms with E-state index in [-0.39, 0.29) is 25.0 Å². The van der Waals surface area contributed by atoms with Gasteiger partial charge in [-0.25, -0.2) is 0 Å². The molecule has 1 aromatic heterocycles. The van der Waals surface area contributed by atoms with Gasteiger partial charge in [-0.05, 0) is 11.4 Å². The summed E-state index contributed by atoms with van der Waals surface area (Å²) in [4.78, 5) is 26.6. The largest absolute Gasteiger partial charge is 0.377 e. The molecule has 2 heterocycles. The first-order valence-corrected chi connectivity index (χ1v) is 7.43. The van der Waals surface area contributed by atoms with Crippen LogP contribution in [0.15, 0.2) is 11.4 Å². The van der Waals surface area contributed by atoms with Gasteiger partial charge < -0.3 is 20.7 Å². The molecule has 1 unspecified atom stereocenters. The van der Waals surface area contributed by atoms with E-state index in [1.165, 1.54) is 11.3 Å². The van der Waals surface area contributed by atoms with Crippen LogP contribution in [0, 0.1) is 11.8 Å². The Kier molecular flexibility index (Phi) is 5.33. The fourth-order valence-electron chi connectivity index (χ4n) is 2.08. The van der Waals surface area contributed by atoms with Gasteiger partial charge in [-0.1, -0.05) is 11.8 Å². The molecule has 6 nitrogen and oxygen atoms in total. The zero-order valence-corrected chi connectivity index (χ0v) is 12.5. The van der Waals surface area contributed by atoms with E-state index in [4.69, 9.17) is 10.5 Å². The van der Waals surface area contributed by atoms with Crippen LogP contribution >= 0.6 is 11.3 Å². The fraction of sp³-hybridized carbons (Fsp3) is 0.429. The van der Waals surface area contributed by atoms with Gasteiger partial charge in [-0.2, -0.15) is 0 Å². The van der Waals surface area contributed by atoms with Crippen molar-refractivity contribution in [2.24, 2.45) is 5.73 Å². The Hall–Kier alpha value is -1.88. The number of morpholine rings is 1. The van der Waals surface area contributed by atoms with Crippen LogP contribution in [0.2, 0.25) is 0 Å². The van der Waals surface area contributed by atoms with Crippen LogP contribution in [0.1, 0.15) is 15.2 Å². The van der Waals surface area contributed by atoms with Crippen molar-refractivity contribution >= 4 is 23.2 Å². The zero-order chi connectivity index (χ0) is 15.2. The van der Waals surface area contributed by atoms with Crippen LogP contribution in [-0.2, 0) is 9.53 Å². The molecule has 1 aromatic rings. The number of carbonyl (C=O) groups excluding carboxylic acids is 2. The Morgan fingerprint density at radius 1 is 1.62 bits per heavy atom. The van der Waals surface area contributed by atoms with Gasteiger partial charge in [0.25, 0.3) is 5.91 Å². The van der Waals surface area contributed by atoms with Crippen LogP contribution < -0.4 is 11.1 Å². The van der Waals surface area contributed by atoms with Crippen molar-refractivity contribution < 1.29 is 14.3 Å². The molecule has 21 heavy (non-hydrogen) atoms. The third-order valence-corrected chi connectivity index (χ3v) is 4.03. The number of carbonyl (C=O) groups is 2. The van der Waals surface area contributed by atoms with Gasteiger partial charge in [0.05, 0.1) is 19.8 Å². The molecule has 0 bridgehead atoms. The van der Waals surface area contributed by atoms with Gasteiger partial charge in [-0.15, -0.1) is 11.3 Å². The van der Waals surface area contributed by atoms with E-state index in [2.05, 4.69) is 17.2 Å². The summed E-state index contributed by atoms with van der Waals surface area (Å²) in [6.45, 7) is 1.26. The van der Waals surface area contributed by atoms with E-state index in [0.29, 0.717) is 23.6 Å². The molecular weight excluding hydrogens is 290 g/mol. The van der Waals surface area contributed by atoms with Crippen LogP contribution in [0.4, 0.5) is 0 Å². The maximum absolute atomic E-state index is 12.7. The summed E-state index contributed by atoms with van der Waals surface area (Å²) >= 11 is 1.32. The highest BCUT2D eigenvalue weighted by Gasteiger charge is 2.33. The average molecular weight is 307 g/mol. The van der Waals surface area contributed by atoms with E-state index in [1.54, 1.807) is 18.0 Å². The number of ether oxygens (including phenoxy) is 1. The molecular formula is C14H17N3O3S. The molecule has 2 rings (SSSR count). The number of thiophene rings is 1. The van der Waals surface area contributed by atoms with Crippen LogP contribution in [0.5, 0.6) is 0 Å². The second-order valence-corrected chi connectivity index (χ2v) is 5.29. The number of amides is 2. The smallest absolute Gasteiger partial charge is 0.266 e. The summed E-state index contributed by atoms with van der Waals surface area (Å²) in [7, 11) is 1.54. The molecule has 1 saturated heterocycles. The summed E-state index contributed by atoms with van der Waals surface area (Å²) in [5, 5.41) is 4.37. The van der Waals surface area contributed by atoms with Crippen molar-refractivity contribution in [1.82, 2.24) is 10.2 Å². The molecule has 0 spiro atoms. The van der Waals surface area contributed by atoms with Crippen molar-refractivity contribution in [3.05, 3.63) is 21.9 Å². The molecule has 2 amide bonds. The molecule has 1 aliphatic rings. The Morgan fingerprint density at radius 3 is 3.14 bits per heavy atom. The van der Waals surface area contributed by atoms with Crippen LogP contribution in [0.25, 0.3) is 0 Å². The first kappa shape index (κ1) is 15.5.